The lowest BCUT2D eigenvalue weighted by atomic mass is 10.2. The highest BCUT2D eigenvalue weighted by Gasteiger charge is 2.05. The molecule has 0 radical (unpaired) electrons. The van der Waals surface area contributed by atoms with E-state index >= 15 is 0 Å². The van der Waals surface area contributed by atoms with Crippen molar-refractivity contribution in [1.82, 2.24) is 4.90 Å². The first-order valence-electron chi connectivity index (χ1n) is 5.76. The molecule has 1 aromatic carbocycles. The molecule has 0 saturated carbocycles. The molecule has 0 spiro atoms. The maximum absolute atomic E-state index is 13.4. The minimum absolute atomic E-state index is 0.283. The van der Waals surface area contributed by atoms with E-state index in [9.17, 15) is 4.39 Å². The van der Waals surface area contributed by atoms with Gasteiger partial charge in [0.2, 0.25) is 0 Å². The van der Waals surface area contributed by atoms with Crippen molar-refractivity contribution in [3.8, 4) is 5.75 Å². The quantitative estimate of drug-likeness (QED) is 0.684. The van der Waals surface area contributed by atoms with Gasteiger partial charge in [-0.25, -0.2) is 4.39 Å². The van der Waals surface area contributed by atoms with E-state index in [1.54, 1.807) is 6.07 Å². The van der Waals surface area contributed by atoms with E-state index in [0.717, 1.165) is 18.7 Å². The molecule has 1 aromatic rings. The zero-order valence-electron chi connectivity index (χ0n) is 10.7. The third-order valence-corrected chi connectivity index (χ3v) is 2.49. The highest BCUT2D eigenvalue weighted by molar-refractivity contribution is 5.29. The van der Waals surface area contributed by atoms with Gasteiger partial charge < -0.3 is 9.47 Å². The number of hydrogen-bond acceptors (Lipinski definition) is 3. The van der Waals surface area contributed by atoms with Crippen molar-refractivity contribution in [3.63, 3.8) is 0 Å². The van der Waals surface area contributed by atoms with Gasteiger partial charge in [-0.3, -0.25) is 4.90 Å². The molecule has 3 nitrogen and oxygen atoms in total. The number of likely N-dealkylation sites (N-methyl/N-ethyl adjacent to an activating group) is 1. The molecule has 0 aromatic heterocycles. The lowest BCUT2D eigenvalue weighted by Crippen LogP contribution is -2.22. The fourth-order valence-electron chi connectivity index (χ4n) is 1.56. The molecule has 0 unspecified atom stereocenters. The molecule has 17 heavy (non-hydrogen) atoms. The minimum Gasteiger partial charge on any atom is -0.494 e. The second-order valence-electron chi connectivity index (χ2n) is 3.90. The predicted octanol–water partition coefficient (Wildman–Crippen LogP) is 2.30. The molecule has 0 aliphatic carbocycles. The first-order chi connectivity index (χ1) is 8.17. The van der Waals surface area contributed by atoms with Crippen molar-refractivity contribution in [3.05, 3.63) is 29.6 Å². The van der Waals surface area contributed by atoms with Crippen LogP contribution in [0.3, 0.4) is 0 Å². The Hall–Kier alpha value is -1.13. The van der Waals surface area contributed by atoms with Crippen LogP contribution in [0.15, 0.2) is 18.2 Å². The molecule has 0 bridgehead atoms. The van der Waals surface area contributed by atoms with Gasteiger partial charge in [0.25, 0.3) is 0 Å². The first-order valence-corrected chi connectivity index (χ1v) is 5.76. The first kappa shape index (κ1) is 13.9. The maximum Gasteiger partial charge on any atom is 0.165 e. The molecule has 0 atom stereocenters. The third kappa shape index (κ3) is 4.71. The van der Waals surface area contributed by atoms with Gasteiger partial charge in [0.1, 0.15) is 0 Å². The molecule has 4 heteroatoms. The number of hydrogen-bond donors (Lipinski definition) is 0. The van der Waals surface area contributed by atoms with Crippen LogP contribution in [0.25, 0.3) is 0 Å². The lowest BCUT2D eigenvalue weighted by Gasteiger charge is -2.16. The smallest absolute Gasteiger partial charge is 0.165 e. The molecule has 0 heterocycles. The molecule has 1 rings (SSSR count). The zero-order chi connectivity index (χ0) is 12.7. The molecule has 0 amide bonds. The summed E-state index contributed by atoms with van der Waals surface area (Å²) in [6, 6.07) is 5.04. The molecular weight excluding hydrogens is 221 g/mol. The van der Waals surface area contributed by atoms with Crippen molar-refractivity contribution in [2.24, 2.45) is 0 Å². The Balaban J connectivity index is 2.48. The number of halogens is 1. The van der Waals surface area contributed by atoms with Crippen LogP contribution in [-0.2, 0) is 11.3 Å². The van der Waals surface area contributed by atoms with E-state index in [0.29, 0.717) is 13.2 Å². The third-order valence-electron chi connectivity index (χ3n) is 2.49. The largest absolute Gasteiger partial charge is 0.494 e. The summed E-state index contributed by atoms with van der Waals surface area (Å²) in [7, 11) is 3.45. The lowest BCUT2D eigenvalue weighted by molar-refractivity contribution is 0.120. The Morgan fingerprint density at radius 3 is 2.71 bits per heavy atom. The van der Waals surface area contributed by atoms with Gasteiger partial charge in [0.15, 0.2) is 11.6 Å². The molecule has 0 fully saturated rings. The normalized spacial score (nSPS) is 10.9. The number of ether oxygens (including phenoxy) is 2. The van der Waals surface area contributed by atoms with Crippen LogP contribution in [0, 0.1) is 5.82 Å². The van der Waals surface area contributed by atoms with E-state index in [1.807, 2.05) is 20.0 Å². The second kappa shape index (κ2) is 7.25. The van der Waals surface area contributed by atoms with Crippen molar-refractivity contribution in [2.45, 2.75) is 13.5 Å². The van der Waals surface area contributed by atoms with Crippen LogP contribution in [0.2, 0.25) is 0 Å². The van der Waals surface area contributed by atoms with Crippen LogP contribution in [0.1, 0.15) is 12.5 Å². The molecule has 0 saturated heterocycles. The fourth-order valence-corrected chi connectivity index (χ4v) is 1.56. The average molecular weight is 241 g/mol. The van der Waals surface area contributed by atoms with E-state index in [-0.39, 0.29) is 11.6 Å². The molecular formula is C13H20FNO2. The number of rotatable bonds is 7. The van der Waals surface area contributed by atoms with Crippen LogP contribution < -0.4 is 4.74 Å². The van der Waals surface area contributed by atoms with E-state index in [1.165, 1.54) is 13.2 Å². The highest BCUT2D eigenvalue weighted by Crippen LogP contribution is 2.18. The fraction of sp³-hybridized carbons (Fsp3) is 0.538. The van der Waals surface area contributed by atoms with Crippen LogP contribution in [0.4, 0.5) is 4.39 Å². The SMILES string of the molecule is CCOCCN(C)Cc1ccc(OC)c(F)c1. The monoisotopic (exact) mass is 241 g/mol. The van der Waals surface area contributed by atoms with Gasteiger partial charge in [0, 0.05) is 19.7 Å². The molecule has 0 aliphatic heterocycles. The summed E-state index contributed by atoms with van der Waals surface area (Å²) in [5.41, 5.74) is 0.933. The van der Waals surface area contributed by atoms with Gasteiger partial charge in [-0.15, -0.1) is 0 Å². The second-order valence-corrected chi connectivity index (χ2v) is 3.90. The van der Waals surface area contributed by atoms with Gasteiger partial charge in [-0.05, 0) is 31.7 Å². The molecule has 0 N–H and O–H groups in total. The number of methoxy groups -OCH3 is 1. The van der Waals surface area contributed by atoms with Crippen LogP contribution in [0.5, 0.6) is 5.75 Å². The molecule has 96 valence electrons. The summed E-state index contributed by atoms with van der Waals surface area (Å²) in [5.74, 6) is -0.0334. The highest BCUT2D eigenvalue weighted by atomic mass is 19.1. The Morgan fingerprint density at radius 2 is 2.12 bits per heavy atom. The van der Waals surface area contributed by atoms with E-state index in [2.05, 4.69) is 4.90 Å². The summed E-state index contributed by atoms with van der Waals surface area (Å²) in [6.45, 7) is 4.94. The minimum atomic E-state index is -0.316. The van der Waals surface area contributed by atoms with Crippen molar-refractivity contribution >= 4 is 0 Å². The Kier molecular flexibility index (Phi) is 5.94. The Labute approximate surface area is 102 Å². The van der Waals surface area contributed by atoms with Gasteiger partial charge in [-0.1, -0.05) is 6.07 Å². The van der Waals surface area contributed by atoms with E-state index < -0.39 is 0 Å². The Morgan fingerprint density at radius 1 is 1.35 bits per heavy atom. The maximum atomic E-state index is 13.4. The standard InChI is InChI=1S/C13H20FNO2/c1-4-17-8-7-15(2)10-11-5-6-13(16-3)12(14)9-11/h5-6,9H,4,7-8,10H2,1-3H3. The van der Waals surface area contributed by atoms with Gasteiger partial charge in [-0.2, -0.15) is 0 Å². The van der Waals surface area contributed by atoms with Crippen molar-refractivity contribution in [2.75, 3.05) is 33.9 Å². The van der Waals surface area contributed by atoms with Crippen molar-refractivity contribution in [1.29, 1.82) is 0 Å². The van der Waals surface area contributed by atoms with Crippen LogP contribution >= 0.6 is 0 Å². The molecule has 0 aliphatic rings. The van der Waals surface area contributed by atoms with E-state index in [4.69, 9.17) is 9.47 Å². The number of benzene rings is 1. The predicted molar refractivity (Wildman–Crippen MR) is 65.8 cm³/mol. The Bertz CT molecular complexity index is 344. The van der Waals surface area contributed by atoms with Gasteiger partial charge in [0.05, 0.1) is 13.7 Å². The average Bonchev–Trinajstić information content (AvgIpc) is 2.29. The summed E-state index contributed by atoms with van der Waals surface area (Å²) < 4.78 is 23.6. The summed E-state index contributed by atoms with van der Waals surface area (Å²) >= 11 is 0. The van der Waals surface area contributed by atoms with Crippen molar-refractivity contribution < 1.29 is 13.9 Å². The zero-order valence-corrected chi connectivity index (χ0v) is 10.7. The summed E-state index contributed by atoms with van der Waals surface area (Å²) in [6.07, 6.45) is 0. The van der Waals surface area contributed by atoms with Crippen LogP contribution in [-0.4, -0.2) is 38.8 Å². The number of nitrogens with zero attached hydrogens (tertiary/aromatic N) is 1. The van der Waals surface area contributed by atoms with Gasteiger partial charge >= 0.3 is 0 Å². The summed E-state index contributed by atoms with van der Waals surface area (Å²) in [5, 5.41) is 0. The topological polar surface area (TPSA) is 21.7 Å². The summed E-state index contributed by atoms with van der Waals surface area (Å²) in [4.78, 5) is 2.09.